The Morgan fingerprint density at radius 1 is 1.20 bits per heavy atom. The number of halogens is 2. The zero-order valence-electron chi connectivity index (χ0n) is 13.1. The van der Waals surface area contributed by atoms with Crippen molar-refractivity contribution in [3.05, 3.63) is 64.6 Å². The van der Waals surface area contributed by atoms with E-state index in [1.54, 1.807) is 24.3 Å². The lowest BCUT2D eigenvalue weighted by Gasteiger charge is -2.08. The van der Waals surface area contributed by atoms with Gasteiger partial charge >= 0.3 is 5.97 Å². The first-order valence-electron chi connectivity index (χ1n) is 7.31. The van der Waals surface area contributed by atoms with Gasteiger partial charge in [0.2, 0.25) is 5.78 Å². The number of para-hydroxylation sites is 1. The van der Waals surface area contributed by atoms with Crippen LogP contribution in [-0.4, -0.2) is 30.5 Å². The number of esters is 1. The fourth-order valence-electron chi connectivity index (χ4n) is 2.43. The van der Waals surface area contributed by atoms with Crippen LogP contribution in [0.2, 0.25) is 5.02 Å². The lowest BCUT2D eigenvalue weighted by Crippen LogP contribution is -2.15. The molecule has 0 saturated heterocycles. The molecule has 128 valence electrons. The molecule has 2 aromatic carbocycles. The number of carbonyl (C=O) groups excluding carboxylic acids is 2. The van der Waals surface area contributed by atoms with Gasteiger partial charge in [-0.1, -0.05) is 29.8 Å². The number of rotatable bonds is 5. The molecule has 0 radical (unpaired) electrons. The molecular weight excluding hydrogens is 349 g/mol. The van der Waals surface area contributed by atoms with Crippen LogP contribution in [-0.2, 0) is 4.74 Å². The smallest absolute Gasteiger partial charge is 0.356 e. The van der Waals surface area contributed by atoms with Gasteiger partial charge in [0.05, 0.1) is 17.7 Å². The minimum atomic E-state index is -0.773. The summed E-state index contributed by atoms with van der Waals surface area (Å²) >= 11 is 6.17. The molecule has 0 bridgehead atoms. The standard InChI is InChI=1S/C18H13ClFNO4/c1-24-15-7-6-10(20)8-12(15)14(22)9-25-18(23)17-16(19)11-4-2-3-5-13(11)21-17/h2-8,21H,9H2,1H3. The molecular formula is C18H13ClFNO4. The maximum absolute atomic E-state index is 13.3. The van der Waals surface area contributed by atoms with E-state index in [0.29, 0.717) is 10.9 Å². The summed E-state index contributed by atoms with van der Waals surface area (Å²) in [5.74, 6) is -1.75. The maximum Gasteiger partial charge on any atom is 0.356 e. The predicted molar refractivity (Wildman–Crippen MR) is 90.9 cm³/mol. The van der Waals surface area contributed by atoms with E-state index in [1.165, 1.54) is 19.2 Å². The average Bonchev–Trinajstić information content (AvgIpc) is 2.96. The van der Waals surface area contributed by atoms with Gasteiger partial charge in [0, 0.05) is 10.9 Å². The number of ketones is 1. The van der Waals surface area contributed by atoms with Crippen molar-refractivity contribution in [2.45, 2.75) is 0 Å². The van der Waals surface area contributed by atoms with Crippen LogP contribution in [0.3, 0.4) is 0 Å². The molecule has 0 aliphatic rings. The Hall–Kier alpha value is -2.86. The molecule has 1 heterocycles. The first-order chi connectivity index (χ1) is 12.0. The van der Waals surface area contributed by atoms with Crippen molar-refractivity contribution in [1.82, 2.24) is 4.98 Å². The third kappa shape index (κ3) is 3.34. The normalized spacial score (nSPS) is 10.7. The van der Waals surface area contributed by atoms with Gasteiger partial charge < -0.3 is 14.5 Å². The molecule has 0 aliphatic heterocycles. The second kappa shape index (κ2) is 6.94. The van der Waals surface area contributed by atoms with Crippen LogP contribution in [0.4, 0.5) is 4.39 Å². The number of carbonyl (C=O) groups is 2. The van der Waals surface area contributed by atoms with Crippen LogP contribution in [0.25, 0.3) is 10.9 Å². The second-order valence-corrected chi connectivity index (χ2v) is 5.58. The highest BCUT2D eigenvalue weighted by molar-refractivity contribution is 6.38. The van der Waals surface area contributed by atoms with Crippen molar-refractivity contribution in [3.63, 3.8) is 0 Å². The Balaban J connectivity index is 1.77. The number of H-pyrrole nitrogens is 1. The molecule has 0 atom stereocenters. The van der Waals surface area contributed by atoms with Gasteiger partial charge in [-0.2, -0.15) is 0 Å². The molecule has 3 rings (SSSR count). The van der Waals surface area contributed by atoms with Crippen LogP contribution >= 0.6 is 11.6 Å². The molecule has 7 heteroatoms. The Morgan fingerprint density at radius 2 is 1.96 bits per heavy atom. The van der Waals surface area contributed by atoms with Gasteiger partial charge in [0.15, 0.2) is 6.61 Å². The molecule has 0 amide bonds. The topological polar surface area (TPSA) is 68.4 Å². The van der Waals surface area contributed by atoms with E-state index >= 15 is 0 Å². The zero-order valence-corrected chi connectivity index (χ0v) is 13.9. The monoisotopic (exact) mass is 361 g/mol. The summed E-state index contributed by atoms with van der Waals surface area (Å²) in [5, 5.41) is 0.894. The van der Waals surface area contributed by atoms with Crippen molar-refractivity contribution in [1.29, 1.82) is 0 Å². The molecule has 0 unspecified atom stereocenters. The molecule has 3 aromatic rings. The lowest BCUT2D eigenvalue weighted by molar-refractivity contribution is 0.0469. The maximum atomic E-state index is 13.3. The highest BCUT2D eigenvalue weighted by atomic mass is 35.5. The number of ether oxygens (including phenoxy) is 2. The predicted octanol–water partition coefficient (Wildman–Crippen LogP) is 4.01. The lowest BCUT2D eigenvalue weighted by atomic mass is 10.1. The van der Waals surface area contributed by atoms with Crippen LogP contribution < -0.4 is 4.74 Å². The van der Waals surface area contributed by atoms with Gasteiger partial charge in [0.25, 0.3) is 0 Å². The molecule has 0 spiro atoms. The molecule has 0 aliphatic carbocycles. The van der Waals surface area contributed by atoms with E-state index in [2.05, 4.69) is 4.98 Å². The number of aromatic nitrogens is 1. The third-order valence-corrected chi connectivity index (χ3v) is 4.04. The van der Waals surface area contributed by atoms with Crippen LogP contribution in [0.1, 0.15) is 20.8 Å². The van der Waals surface area contributed by atoms with E-state index in [0.717, 1.165) is 6.07 Å². The first-order valence-corrected chi connectivity index (χ1v) is 7.69. The summed E-state index contributed by atoms with van der Waals surface area (Å²) in [6.45, 7) is -0.565. The van der Waals surface area contributed by atoms with Crippen LogP contribution in [0, 0.1) is 5.82 Å². The summed E-state index contributed by atoms with van der Waals surface area (Å²) in [6, 6.07) is 10.6. The average molecular weight is 362 g/mol. The summed E-state index contributed by atoms with van der Waals surface area (Å²) in [4.78, 5) is 27.3. The van der Waals surface area contributed by atoms with E-state index in [1.807, 2.05) is 0 Å². The quantitative estimate of drug-likeness (QED) is 0.550. The Bertz CT molecular complexity index is 967. The van der Waals surface area contributed by atoms with Crippen LogP contribution in [0.5, 0.6) is 5.75 Å². The number of aromatic amines is 1. The number of nitrogens with one attached hydrogen (secondary N) is 1. The van der Waals surface area contributed by atoms with Crippen LogP contribution in [0.15, 0.2) is 42.5 Å². The molecule has 5 nitrogen and oxygen atoms in total. The van der Waals surface area contributed by atoms with Crippen molar-refractivity contribution in [2.24, 2.45) is 0 Å². The molecule has 0 saturated carbocycles. The SMILES string of the molecule is COc1ccc(F)cc1C(=O)COC(=O)c1[nH]c2ccccc2c1Cl. The summed E-state index contributed by atoms with van der Waals surface area (Å²) < 4.78 is 23.4. The van der Waals surface area contributed by atoms with Gasteiger partial charge in [-0.3, -0.25) is 4.79 Å². The zero-order chi connectivity index (χ0) is 18.0. The molecule has 1 aromatic heterocycles. The first kappa shape index (κ1) is 17.0. The van der Waals surface area contributed by atoms with Gasteiger partial charge in [0.1, 0.15) is 17.3 Å². The second-order valence-electron chi connectivity index (χ2n) is 5.20. The number of hydrogen-bond donors (Lipinski definition) is 1. The van der Waals surface area contributed by atoms with Crippen molar-refractivity contribution < 1.29 is 23.5 Å². The molecule has 1 N–H and O–H groups in total. The highest BCUT2D eigenvalue weighted by Gasteiger charge is 2.20. The van der Waals surface area contributed by atoms with E-state index in [9.17, 15) is 14.0 Å². The van der Waals surface area contributed by atoms with Gasteiger partial charge in [-0.15, -0.1) is 0 Å². The Kier molecular flexibility index (Phi) is 4.72. The van der Waals surface area contributed by atoms with Crippen molar-refractivity contribution >= 4 is 34.3 Å². The van der Waals surface area contributed by atoms with Gasteiger partial charge in [-0.25, -0.2) is 9.18 Å². The largest absolute Gasteiger partial charge is 0.496 e. The Morgan fingerprint density at radius 3 is 2.68 bits per heavy atom. The van der Waals surface area contributed by atoms with Gasteiger partial charge in [-0.05, 0) is 24.3 Å². The fourth-order valence-corrected chi connectivity index (χ4v) is 2.72. The number of methoxy groups -OCH3 is 1. The van der Waals surface area contributed by atoms with Crippen molar-refractivity contribution in [2.75, 3.05) is 13.7 Å². The summed E-state index contributed by atoms with van der Waals surface area (Å²) in [7, 11) is 1.36. The summed E-state index contributed by atoms with van der Waals surface area (Å²) in [5.41, 5.74) is 0.734. The highest BCUT2D eigenvalue weighted by Crippen LogP contribution is 2.27. The molecule has 0 fully saturated rings. The number of Topliss-reactive ketones (excluding diaryl/α,β-unsaturated/α-hetero) is 1. The summed E-state index contributed by atoms with van der Waals surface area (Å²) in [6.07, 6.45) is 0. The van der Waals surface area contributed by atoms with Crippen molar-refractivity contribution in [3.8, 4) is 5.75 Å². The fraction of sp³-hybridized carbons (Fsp3) is 0.111. The Labute approximate surface area is 147 Å². The minimum absolute atomic E-state index is 0.00181. The van der Waals surface area contributed by atoms with E-state index in [4.69, 9.17) is 21.1 Å². The van der Waals surface area contributed by atoms with E-state index in [-0.39, 0.29) is 22.0 Å². The third-order valence-electron chi connectivity index (χ3n) is 3.64. The van der Waals surface area contributed by atoms with E-state index < -0.39 is 24.2 Å². The molecule has 25 heavy (non-hydrogen) atoms. The number of hydrogen-bond acceptors (Lipinski definition) is 4. The number of fused-ring (bicyclic) bond motifs is 1. The minimum Gasteiger partial charge on any atom is -0.496 e. The number of benzene rings is 2.